The average molecular weight is 285 g/mol. The molecule has 4 N–H and O–H groups in total. The fourth-order valence-corrected chi connectivity index (χ4v) is 2.23. The Morgan fingerprint density at radius 2 is 2.24 bits per heavy atom. The molecule has 0 aliphatic heterocycles. The highest BCUT2D eigenvalue weighted by Gasteiger charge is 2.08. The molecule has 108 valence electrons. The Morgan fingerprint density at radius 3 is 3.00 bits per heavy atom. The first-order valence-corrected chi connectivity index (χ1v) is 6.58. The van der Waals surface area contributed by atoms with Crippen molar-refractivity contribution in [3.63, 3.8) is 0 Å². The van der Waals surface area contributed by atoms with Gasteiger partial charge in [0, 0.05) is 29.7 Å². The summed E-state index contributed by atoms with van der Waals surface area (Å²) in [5, 5.41) is 19.9. The van der Waals surface area contributed by atoms with E-state index in [-0.39, 0.29) is 12.2 Å². The van der Waals surface area contributed by atoms with Crippen LogP contribution in [0, 0.1) is 6.92 Å². The van der Waals surface area contributed by atoms with Crippen LogP contribution in [-0.4, -0.2) is 31.9 Å². The number of fused-ring (bicyclic) bond motifs is 1. The lowest BCUT2D eigenvalue weighted by atomic mass is 10.2. The molecule has 0 atom stereocenters. The van der Waals surface area contributed by atoms with Gasteiger partial charge in [-0.1, -0.05) is 0 Å². The number of nitrogens with one attached hydrogen (secondary N) is 3. The maximum Gasteiger partial charge on any atom is 0.255 e. The molecular weight excluding hydrogens is 270 g/mol. The lowest BCUT2D eigenvalue weighted by Gasteiger charge is -2.08. The fraction of sp³-hybridized carbons (Fsp3) is 0.214. The number of aromatic amines is 2. The van der Waals surface area contributed by atoms with Crippen molar-refractivity contribution in [1.82, 2.24) is 20.2 Å². The Labute approximate surface area is 120 Å². The van der Waals surface area contributed by atoms with Crippen LogP contribution in [0.4, 0.5) is 11.6 Å². The second-order valence-electron chi connectivity index (χ2n) is 4.75. The van der Waals surface area contributed by atoms with Crippen LogP contribution in [0.1, 0.15) is 11.3 Å². The fourth-order valence-electron chi connectivity index (χ4n) is 2.23. The molecule has 0 amide bonds. The van der Waals surface area contributed by atoms with Crippen LogP contribution < -0.4 is 10.9 Å². The van der Waals surface area contributed by atoms with E-state index in [1.54, 1.807) is 13.1 Å². The van der Waals surface area contributed by atoms with Crippen molar-refractivity contribution >= 4 is 22.5 Å². The molecule has 0 radical (unpaired) electrons. The standard InChI is InChI=1S/C14H15N5O2/c1-8-11(4-5-20)13(21)18-14(16-8)17-10-3-2-9-7-15-19-12(9)6-10/h2-3,6-7,20H,4-5H2,1H3,(H,15,19)(H2,16,17,18,21). The summed E-state index contributed by atoms with van der Waals surface area (Å²) in [4.78, 5) is 18.9. The van der Waals surface area contributed by atoms with Crippen LogP contribution in [0.25, 0.3) is 10.9 Å². The third kappa shape index (κ3) is 2.63. The average Bonchev–Trinajstić information content (AvgIpc) is 2.90. The number of hydrogen-bond acceptors (Lipinski definition) is 5. The van der Waals surface area contributed by atoms with Crippen molar-refractivity contribution in [3.05, 3.63) is 46.0 Å². The lowest BCUT2D eigenvalue weighted by Crippen LogP contribution is -2.19. The monoisotopic (exact) mass is 285 g/mol. The van der Waals surface area contributed by atoms with E-state index in [4.69, 9.17) is 5.11 Å². The number of aliphatic hydroxyl groups is 1. The maximum absolute atomic E-state index is 11.9. The van der Waals surface area contributed by atoms with Gasteiger partial charge in [-0.05, 0) is 25.1 Å². The minimum atomic E-state index is -0.235. The third-order valence-electron chi connectivity index (χ3n) is 3.29. The normalized spacial score (nSPS) is 11.0. The minimum absolute atomic E-state index is 0.0745. The van der Waals surface area contributed by atoms with Gasteiger partial charge in [-0.3, -0.25) is 14.9 Å². The van der Waals surface area contributed by atoms with Crippen LogP contribution in [0.15, 0.2) is 29.2 Å². The van der Waals surface area contributed by atoms with E-state index in [1.807, 2.05) is 18.2 Å². The largest absolute Gasteiger partial charge is 0.396 e. The second-order valence-corrected chi connectivity index (χ2v) is 4.75. The first-order chi connectivity index (χ1) is 10.2. The SMILES string of the molecule is Cc1nc(Nc2ccc3cn[nH]c3c2)[nH]c(=O)c1CCO. The molecule has 0 aliphatic rings. The zero-order chi connectivity index (χ0) is 14.8. The van der Waals surface area contributed by atoms with Crippen molar-refractivity contribution in [2.75, 3.05) is 11.9 Å². The zero-order valence-corrected chi connectivity index (χ0v) is 11.5. The number of aryl methyl sites for hydroxylation is 1. The molecule has 0 saturated carbocycles. The van der Waals surface area contributed by atoms with Crippen molar-refractivity contribution in [3.8, 4) is 0 Å². The summed E-state index contributed by atoms with van der Waals surface area (Å²) in [6.45, 7) is 1.68. The quantitative estimate of drug-likeness (QED) is 0.577. The summed E-state index contributed by atoms with van der Waals surface area (Å²) in [5.41, 5.74) is 2.58. The maximum atomic E-state index is 11.9. The summed E-state index contributed by atoms with van der Waals surface area (Å²) in [5.74, 6) is 0.373. The molecule has 2 aromatic heterocycles. The predicted molar refractivity (Wildman–Crippen MR) is 79.8 cm³/mol. The number of anilines is 2. The van der Waals surface area contributed by atoms with Gasteiger partial charge < -0.3 is 10.4 Å². The third-order valence-corrected chi connectivity index (χ3v) is 3.29. The first-order valence-electron chi connectivity index (χ1n) is 6.58. The number of nitrogens with zero attached hydrogens (tertiary/aromatic N) is 2. The molecule has 3 aromatic rings. The Hall–Kier alpha value is -2.67. The molecule has 0 bridgehead atoms. The van der Waals surface area contributed by atoms with Crippen molar-refractivity contribution in [1.29, 1.82) is 0 Å². The zero-order valence-electron chi connectivity index (χ0n) is 11.5. The van der Waals surface area contributed by atoms with Crippen LogP contribution in [-0.2, 0) is 6.42 Å². The van der Waals surface area contributed by atoms with E-state index in [9.17, 15) is 4.79 Å². The van der Waals surface area contributed by atoms with Gasteiger partial charge in [-0.15, -0.1) is 0 Å². The van der Waals surface area contributed by atoms with Crippen molar-refractivity contribution in [2.45, 2.75) is 13.3 Å². The van der Waals surface area contributed by atoms with Gasteiger partial charge in [0.2, 0.25) is 5.95 Å². The molecular formula is C14H15N5O2. The van der Waals surface area contributed by atoms with E-state index in [1.165, 1.54) is 0 Å². The summed E-state index contributed by atoms with van der Waals surface area (Å²) >= 11 is 0. The van der Waals surface area contributed by atoms with Gasteiger partial charge in [0.05, 0.1) is 17.4 Å². The van der Waals surface area contributed by atoms with Gasteiger partial charge in [-0.25, -0.2) is 4.98 Å². The highest BCUT2D eigenvalue weighted by molar-refractivity contribution is 5.82. The molecule has 0 spiro atoms. The Balaban J connectivity index is 1.92. The first kappa shape index (κ1) is 13.3. The molecule has 0 aliphatic carbocycles. The number of hydrogen-bond donors (Lipinski definition) is 4. The highest BCUT2D eigenvalue weighted by atomic mass is 16.3. The van der Waals surface area contributed by atoms with E-state index >= 15 is 0 Å². The smallest absolute Gasteiger partial charge is 0.255 e. The second kappa shape index (κ2) is 5.37. The van der Waals surface area contributed by atoms with Crippen molar-refractivity contribution < 1.29 is 5.11 Å². The summed E-state index contributed by atoms with van der Waals surface area (Å²) in [6.07, 6.45) is 2.04. The number of benzene rings is 1. The van der Waals surface area contributed by atoms with Gasteiger partial charge in [-0.2, -0.15) is 5.10 Å². The minimum Gasteiger partial charge on any atom is -0.396 e. The molecule has 21 heavy (non-hydrogen) atoms. The van der Waals surface area contributed by atoms with Crippen LogP contribution in [0.2, 0.25) is 0 Å². The van der Waals surface area contributed by atoms with Crippen molar-refractivity contribution in [2.24, 2.45) is 0 Å². The molecule has 1 aromatic carbocycles. The number of aliphatic hydroxyl groups excluding tert-OH is 1. The molecule has 0 saturated heterocycles. The number of rotatable bonds is 4. The van der Waals surface area contributed by atoms with E-state index in [0.717, 1.165) is 16.6 Å². The molecule has 0 fully saturated rings. The van der Waals surface area contributed by atoms with Crippen LogP contribution in [0.3, 0.4) is 0 Å². The molecule has 7 nitrogen and oxygen atoms in total. The Morgan fingerprint density at radius 1 is 1.38 bits per heavy atom. The summed E-state index contributed by atoms with van der Waals surface area (Å²) < 4.78 is 0. The summed E-state index contributed by atoms with van der Waals surface area (Å²) in [6, 6.07) is 5.69. The molecule has 2 heterocycles. The molecule has 0 unspecified atom stereocenters. The number of H-pyrrole nitrogens is 2. The highest BCUT2D eigenvalue weighted by Crippen LogP contribution is 2.19. The Bertz CT molecular complexity index is 837. The van der Waals surface area contributed by atoms with Crippen LogP contribution in [0.5, 0.6) is 0 Å². The van der Waals surface area contributed by atoms with Gasteiger partial charge in [0.1, 0.15) is 0 Å². The van der Waals surface area contributed by atoms with E-state index < -0.39 is 0 Å². The number of aromatic nitrogens is 4. The van der Waals surface area contributed by atoms with Gasteiger partial charge >= 0.3 is 0 Å². The molecule has 3 rings (SSSR count). The Kier molecular flexibility index (Phi) is 3.41. The summed E-state index contributed by atoms with van der Waals surface area (Å²) in [7, 11) is 0. The van der Waals surface area contributed by atoms with E-state index in [2.05, 4.69) is 25.5 Å². The van der Waals surface area contributed by atoms with Gasteiger partial charge in [0.15, 0.2) is 0 Å². The topological polar surface area (TPSA) is 107 Å². The van der Waals surface area contributed by atoms with E-state index in [0.29, 0.717) is 23.6 Å². The molecule has 7 heteroatoms. The predicted octanol–water partition coefficient (Wildman–Crippen LogP) is 1.23. The van der Waals surface area contributed by atoms with Gasteiger partial charge in [0.25, 0.3) is 5.56 Å². The lowest BCUT2D eigenvalue weighted by molar-refractivity contribution is 0.298. The van der Waals surface area contributed by atoms with Crippen LogP contribution >= 0.6 is 0 Å².